The van der Waals surface area contributed by atoms with E-state index in [0.29, 0.717) is 18.4 Å². The summed E-state index contributed by atoms with van der Waals surface area (Å²) in [5.74, 6) is -0.396. The lowest BCUT2D eigenvalue weighted by Crippen LogP contribution is -2.46. The van der Waals surface area contributed by atoms with E-state index in [1.165, 1.54) is 12.8 Å². The largest absolute Gasteiger partial charge is 0.481 e. The van der Waals surface area contributed by atoms with Gasteiger partial charge in [0, 0.05) is 19.1 Å². The lowest BCUT2D eigenvalue weighted by molar-refractivity contribution is -0.141. The fourth-order valence-corrected chi connectivity index (χ4v) is 2.32. The smallest absolute Gasteiger partial charge is 0.317 e. The highest BCUT2D eigenvalue weighted by Gasteiger charge is 2.32. The SMILES string of the molecule is CC(CCCC(C)C(=O)O)NC(=O)N(C)C(C)C1CC1. The predicted molar refractivity (Wildman–Crippen MR) is 78.6 cm³/mol. The highest BCUT2D eigenvalue weighted by molar-refractivity contribution is 5.74. The quantitative estimate of drug-likeness (QED) is 0.720. The lowest BCUT2D eigenvalue weighted by Gasteiger charge is -2.27. The molecule has 0 spiro atoms. The van der Waals surface area contributed by atoms with Gasteiger partial charge in [0.2, 0.25) is 0 Å². The van der Waals surface area contributed by atoms with Gasteiger partial charge in [0.05, 0.1) is 5.92 Å². The molecule has 0 bridgehead atoms. The van der Waals surface area contributed by atoms with E-state index in [1.54, 1.807) is 11.8 Å². The second-order valence-electron chi connectivity index (χ2n) is 6.21. The molecule has 0 aromatic rings. The number of carboxylic acid groups (broad SMARTS) is 1. The zero-order valence-electron chi connectivity index (χ0n) is 13.1. The minimum Gasteiger partial charge on any atom is -0.481 e. The topological polar surface area (TPSA) is 69.6 Å². The maximum absolute atomic E-state index is 12.1. The van der Waals surface area contributed by atoms with Crippen LogP contribution in [0.3, 0.4) is 0 Å². The van der Waals surface area contributed by atoms with E-state index in [1.807, 2.05) is 14.0 Å². The Morgan fingerprint density at radius 1 is 1.25 bits per heavy atom. The molecule has 1 aliphatic carbocycles. The van der Waals surface area contributed by atoms with Crippen molar-refractivity contribution < 1.29 is 14.7 Å². The summed E-state index contributed by atoms with van der Waals surface area (Å²) in [7, 11) is 1.84. The number of amides is 2. The van der Waals surface area contributed by atoms with Crippen LogP contribution in [0, 0.1) is 11.8 Å². The molecule has 20 heavy (non-hydrogen) atoms. The van der Waals surface area contributed by atoms with Crippen molar-refractivity contribution in [1.29, 1.82) is 0 Å². The molecular formula is C15H28N2O3. The van der Waals surface area contributed by atoms with Crippen LogP contribution in [0.25, 0.3) is 0 Å². The third kappa shape index (κ3) is 5.39. The molecule has 116 valence electrons. The van der Waals surface area contributed by atoms with Crippen molar-refractivity contribution in [2.45, 2.75) is 65.0 Å². The van der Waals surface area contributed by atoms with Crippen LogP contribution in [-0.2, 0) is 4.79 Å². The van der Waals surface area contributed by atoms with Crippen LogP contribution in [0.15, 0.2) is 0 Å². The van der Waals surface area contributed by atoms with Crippen LogP contribution in [0.2, 0.25) is 0 Å². The number of carboxylic acids is 1. The number of nitrogens with zero attached hydrogens (tertiary/aromatic N) is 1. The van der Waals surface area contributed by atoms with E-state index in [9.17, 15) is 9.59 Å². The van der Waals surface area contributed by atoms with Crippen molar-refractivity contribution in [2.24, 2.45) is 11.8 Å². The molecule has 0 saturated heterocycles. The Morgan fingerprint density at radius 2 is 1.85 bits per heavy atom. The Balaban J connectivity index is 2.21. The number of hydrogen-bond donors (Lipinski definition) is 2. The van der Waals surface area contributed by atoms with E-state index in [4.69, 9.17) is 5.11 Å². The van der Waals surface area contributed by atoms with Crippen molar-refractivity contribution in [3.05, 3.63) is 0 Å². The molecule has 1 aliphatic rings. The van der Waals surface area contributed by atoms with Crippen molar-refractivity contribution in [1.82, 2.24) is 10.2 Å². The van der Waals surface area contributed by atoms with E-state index in [-0.39, 0.29) is 18.0 Å². The molecule has 0 radical (unpaired) electrons. The van der Waals surface area contributed by atoms with Crippen LogP contribution in [0.1, 0.15) is 52.9 Å². The maximum atomic E-state index is 12.1. The van der Waals surface area contributed by atoms with Crippen molar-refractivity contribution >= 4 is 12.0 Å². The zero-order valence-corrected chi connectivity index (χ0v) is 13.1. The first-order valence-corrected chi connectivity index (χ1v) is 7.59. The van der Waals surface area contributed by atoms with Gasteiger partial charge in [0.25, 0.3) is 0 Å². The summed E-state index contributed by atoms with van der Waals surface area (Å²) in [4.78, 5) is 24.5. The van der Waals surface area contributed by atoms with Gasteiger partial charge >= 0.3 is 12.0 Å². The number of urea groups is 1. The second-order valence-corrected chi connectivity index (χ2v) is 6.21. The van der Waals surface area contributed by atoms with Gasteiger partial charge < -0.3 is 15.3 Å². The average molecular weight is 284 g/mol. The Bertz CT molecular complexity index is 342. The molecule has 2 amide bonds. The first-order chi connectivity index (χ1) is 9.32. The third-order valence-electron chi connectivity index (χ3n) is 4.30. The zero-order chi connectivity index (χ0) is 15.3. The number of aliphatic carboxylic acids is 1. The number of carbonyl (C=O) groups is 2. The summed E-state index contributed by atoms with van der Waals surface area (Å²) in [6, 6.07) is 0.356. The Morgan fingerprint density at radius 3 is 2.35 bits per heavy atom. The third-order valence-corrected chi connectivity index (χ3v) is 4.30. The van der Waals surface area contributed by atoms with Gasteiger partial charge in [-0.1, -0.05) is 13.3 Å². The molecule has 3 unspecified atom stereocenters. The van der Waals surface area contributed by atoms with Crippen LogP contribution in [0.5, 0.6) is 0 Å². The molecule has 3 atom stereocenters. The monoisotopic (exact) mass is 284 g/mol. The molecular weight excluding hydrogens is 256 g/mol. The fourth-order valence-electron chi connectivity index (χ4n) is 2.32. The molecule has 0 aromatic heterocycles. The number of hydrogen-bond acceptors (Lipinski definition) is 2. The Kier molecular flexibility index (Phi) is 6.30. The van der Waals surface area contributed by atoms with Gasteiger partial charge in [-0.15, -0.1) is 0 Å². The molecule has 0 aliphatic heterocycles. The molecule has 0 heterocycles. The summed E-state index contributed by atoms with van der Waals surface area (Å²) in [6.45, 7) is 5.78. The molecule has 1 rings (SSSR count). The van der Waals surface area contributed by atoms with Crippen LogP contribution in [0.4, 0.5) is 4.79 Å². The molecule has 5 nitrogen and oxygen atoms in total. The highest BCUT2D eigenvalue weighted by atomic mass is 16.4. The minimum atomic E-state index is -0.750. The molecule has 1 saturated carbocycles. The van der Waals surface area contributed by atoms with E-state index < -0.39 is 5.97 Å². The second kappa shape index (κ2) is 7.50. The lowest BCUT2D eigenvalue weighted by atomic mass is 10.0. The number of nitrogens with one attached hydrogen (secondary N) is 1. The number of rotatable bonds is 8. The predicted octanol–water partition coefficient (Wildman–Crippen LogP) is 2.71. The normalized spacial score (nSPS) is 19.0. The average Bonchev–Trinajstić information content (AvgIpc) is 3.20. The van der Waals surface area contributed by atoms with Gasteiger partial charge in [-0.05, 0) is 45.4 Å². The molecule has 2 N–H and O–H groups in total. The summed E-state index contributed by atoms with van der Waals surface area (Å²) in [6.07, 6.45) is 4.73. The van der Waals surface area contributed by atoms with Crippen molar-refractivity contribution in [3.63, 3.8) is 0 Å². The van der Waals surface area contributed by atoms with Gasteiger partial charge in [0.1, 0.15) is 0 Å². The summed E-state index contributed by atoms with van der Waals surface area (Å²) in [5.41, 5.74) is 0. The first kappa shape index (κ1) is 16.8. The van der Waals surface area contributed by atoms with Crippen LogP contribution >= 0.6 is 0 Å². The maximum Gasteiger partial charge on any atom is 0.317 e. The molecule has 1 fully saturated rings. The summed E-state index contributed by atoms with van der Waals surface area (Å²) >= 11 is 0. The Labute approximate surface area is 121 Å². The summed E-state index contributed by atoms with van der Waals surface area (Å²) in [5, 5.41) is 11.8. The first-order valence-electron chi connectivity index (χ1n) is 7.59. The van der Waals surface area contributed by atoms with Gasteiger partial charge in [-0.3, -0.25) is 4.79 Å². The fraction of sp³-hybridized carbons (Fsp3) is 0.867. The van der Waals surface area contributed by atoms with E-state index in [0.717, 1.165) is 12.8 Å². The van der Waals surface area contributed by atoms with Gasteiger partial charge in [-0.25, -0.2) is 4.79 Å². The summed E-state index contributed by atoms with van der Waals surface area (Å²) < 4.78 is 0. The standard InChI is InChI=1S/C15H28N2O3/c1-10(14(18)19)6-5-7-11(2)16-15(20)17(4)12(3)13-8-9-13/h10-13H,5-9H2,1-4H3,(H,16,20)(H,18,19). The minimum absolute atomic E-state index is 0.0248. The molecule has 0 aromatic carbocycles. The highest BCUT2D eigenvalue weighted by Crippen LogP contribution is 2.34. The van der Waals surface area contributed by atoms with Crippen molar-refractivity contribution in [3.8, 4) is 0 Å². The van der Waals surface area contributed by atoms with Crippen LogP contribution < -0.4 is 5.32 Å². The number of carbonyl (C=O) groups excluding carboxylic acids is 1. The Hall–Kier alpha value is -1.26. The molecule has 5 heteroatoms. The van der Waals surface area contributed by atoms with Crippen molar-refractivity contribution in [2.75, 3.05) is 7.05 Å². The van der Waals surface area contributed by atoms with Crippen LogP contribution in [-0.4, -0.2) is 41.1 Å². The van der Waals surface area contributed by atoms with E-state index in [2.05, 4.69) is 12.2 Å². The van der Waals surface area contributed by atoms with Gasteiger partial charge in [0.15, 0.2) is 0 Å². The van der Waals surface area contributed by atoms with E-state index >= 15 is 0 Å². The van der Waals surface area contributed by atoms with Gasteiger partial charge in [-0.2, -0.15) is 0 Å².